The Balaban J connectivity index is 0.000000131. The Morgan fingerprint density at radius 1 is 0.392 bits per heavy atom. The minimum Gasteiger partial charge on any atom is -0.184 e. The van der Waals surface area contributed by atoms with Crippen molar-refractivity contribution in [1.82, 2.24) is 0 Å². The van der Waals surface area contributed by atoms with Gasteiger partial charge in [-0.25, -0.2) is 0 Å². The van der Waals surface area contributed by atoms with Crippen LogP contribution < -0.4 is 10.4 Å². The standard InChI is InChI=1S/2C29H25.C12H7Si.2ClH.Zr/c2*1-2-3-10-21-19-23-13-9-18-28(29(23)20-21)27-16-7-6-15-26(27)25-17-8-12-22-11-4-5-14-24(22)25;1-3-7-11-9(5-1)10-6-2-4-8-12(10)13-11;;;/h2*4-9,11-20H,2-3,10H2,1H3;1-7H;2*1H;/q3*-1;;;+2/p-2. The molecule has 0 amide bonds. The zero-order chi connectivity index (χ0) is 50.6. The van der Waals surface area contributed by atoms with Crippen LogP contribution in [0.15, 0.2) is 237 Å². The molecule has 1 aliphatic heterocycles. The first-order valence-electron chi connectivity index (χ1n) is 25.9. The molecule has 0 aromatic heterocycles. The van der Waals surface area contributed by atoms with E-state index < -0.39 is 20.8 Å². The summed E-state index contributed by atoms with van der Waals surface area (Å²) in [6.07, 6.45) is 7.29. The van der Waals surface area contributed by atoms with E-state index in [1.54, 1.807) is 0 Å². The Labute approximate surface area is 458 Å². The van der Waals surface area contributed by atoms with Crippen molar-refractivity contribution in [1.29, 1.82) is 0 Å². The summed E-state index contributed by atoms with van der Waals surface area (Å²) >= 11 is -0.826. The SMILES string of the molecule is CCCCc1cc2c(-c3ccccc3-c3cccc4ccccc34)cccc2[cH-]1.CCCCc1cc2c(-c3ccccc3-c3cccc4ccccc34)cccc2[cH-]1.[Cl][Zr][Cl].[c-]1cccc2c1[Si]c1ccccc1-2. The van der Waals surface area contributed by atoms with Crippen LogP contribution in [0.5, 0.6) is 0 Å². The zero-order valence-electron chi connectivity index (χ0n) is 42.0. The summed E-state index contributed by atoms with van der Waals surface area (Å²) in [5.74, 6) is 0. The minimum atomic E-state index is -0.826. The van der Waals surface area contributed by atoms with Crippen LogP contribution in [0.2, 0.25) is 0 Å². The van der Waals surface area contributed by atoms with Crippen LogP contribution >= 0.6 is 17.0 Å². The van der Waals surface area contributed by atoms with E-state index in [1.807, 2.05) is 6.07 Å². The molecule has 74 heavy (non-hydrogen) atoms. The number of halogens is 2. The molecule has 0 unspecified atom stereocenters. The van der Waals surface area contributed by atoms with Gasteiger partial charge in [0.05, 0.1) is 9.52 Å². The Hall–Kier alpha value is -6.38. The predicted octanol–water partition coefficient (Wildman–Crippen LogP) is 19.3. The molecule has 0 atom stereocenters. The Morgan fingerprint density at radius 3 is 1.23 bits per heavy atom. The van der Waals surface area contributed by atoms with E-state index >= 15 is 0 Å². The summed E-state index contributed by atoms with van der Waals surface area (Å²) in [7, 11) is 10.7. The number of fused-ring (bicyclic) bond motifs is 7. The average Bonchev–Trinajstić information content (AvgIpc) is 4.20. The molecule has 12 aromatic rings. The van der Waals surface area contributed by atoms with Gasteiger partial charge in [-0.2, -0.15) is 41.6 Å². The maximum Gasteiger partial charge on any atom is 0.0920 e. The monoisotopic (exact) mass is 1090 g/mol. The van der Waals surface area contributed by atoms with Gasteiger partial charge >= 0.3 is 37.9 Å². The molecule has 13 rings (SSSR count). The number of aryl methyl sites for hydroxylation is 2. The van der Waals surface area contributed by atoms with Gasteiger partial charge in [-0.1, -0.05) is 231 Å². The fourth-order valence-electron chi connectivity index (χ4n) is 10.7. The van der Waals surface area contributed by atoms with E-state index in [4.69, 9.17) is 17.0 Å². The molecular formula is C70H57Cl2SiZr-3. The Morgan fingerprint density at radius 2 is 0.757 bits per heavy atom. The van der Waals surface area contributed by atoms with Gasteiger partial charge in [0.25, 0.3) is 0 Å². The van der Waals surface area contributed by atoms with E-state index in [0.29, 0.717) is 0 Å². The Kier molecular flexibility index (Phi) is 17.1. The summed E-state index contributed by atoms with van der Waals surface area (Å²) < 4.78 is 0. The summed E-state index contributed by atoms with van der Waals surface area (Å²) in [5, 5.41) is 13.4. The van der Waals surface area contributed by atoms with Crippen molar-refractivity contribution in [3.63, 3.8) is 0 Å². The van der Waals surface area contributed by atoms with Gasteiger partial charge in [0, 0.05) is 0 Å². The fraction of sp³-hybridized carbons (Fsp3) is 0.114. The Bertz CT molecular complexity index is 3560. The largest absolute Gasteiger partial charge is 0.184 e. The van der Waals surface area contributed by atoms with E-state index in [-0.39, 0.29) is 0 Å². The maximum absolute atomic E-state index is 4.93. The van der Waals surface area contributed by atoms with Gasteiger partial charge in [0.2, 0.25) is 0 Å². The van der Waals surface area contributed by atoms with Crippen molar-refractivity contribution in [3.05, 3.63) is 254 Å². The second-order valence-corrected chi connectivity index (χ2v) is 23.9. The van der Waals surface area contributed by atoms with E-state index in [1.165, 1.54) is 146 Å². The average molecular weight is 1090 g/mol. The first-order valence-corrected chi connectivity index (χ1v) is 33.2. The molecule has 0 N–H and O–H groups in total. The molecule has 0 bridgehead atoms. The van der Waals surface area contributed by atoms with Crippen LogP contribution in [0.25, 0.3) is 98.7 Å². The molecule has 0 aliphatic carbocycles. The summed E-state index contributed by atoms with van der Waals surface area (Å²) in [4.78, 5) is 0. The van der Waals surface area contributed by atoms with Crippen LogP contribution in [0.1, 0.15) is 50.7 Å². The summed E-state index contributed by atoms with van der Waals surface area (Å²) in [6, 6.07) is 89.4. The third-order valence-electron chi connectivity index (χ3n) is 14.2. The van der Waals surface area contributed by atoms with Crippen molar-refractivity contribution in [2.75, 3.05) is 0 Å². The van der Waals surface area contributed by atoms with Gasteiger partial charge in [0.1, 0.15) is 0 Å². The predicted molar refractivity (Wildman–Crippen MR) is 321 cm³/mol. The van der Waals surface area contributed by atoms with Crippen LogP contribution in [0.3, 0.4) is 0 Å². The molecule has 0 saturated carbocycles. The third kappa shape index (κ3) is 11.3. The molecule has 4 heteroatoms. The summed E-state index contributed by atoms with van der Waals surface area (Å²) in [5.41, 5.74) is 16.1. The van der Waals surface area contributed by atoms with Crippen LogP contribution in [-0.4, -0.2) is 9.52 Å². The summed E-state index contributed by atoms with van der Waals surface area (Å²) in [6.45, 7) is 4.52. The second-order valence-electron chi connectivity index (χ2n) is 18.9. The molecule has 12 aromatic carbocycles. The van der Waals surface area contributed by atoms with Gasteiger partial charge in [0.15, 0.2) is 0 Å². The molecule has 1 aliphatic rings. The number of rotatable bonds is 10. The molecule has 0 nitrogen and oxygen atoms in total. The second kappa shape index (κ2) is 24.8. The van der Waals surface area contributed by atoms with E-state index in [2.05, 4.69) is 250 Å². The van der Waals surface area contributed by atoms with Gasteiger partial charge in [-0.05, 0) is 67.8 Å². The van der Waals surface area contributed by atoms with Gasteiger partial charge < -0.3 is 0 Å². The first-order chi connectivity index (χ1) is 36.6. The van der Waals surface area contributed by atoms with Crippen molar-refractivity contribution in [3.8, 4) is 55.6 Å². The number of hydrogen-bond acceptors (Lipinski definition) is 0. The van der Waals surface area contributed by atoms with Crippen LogP contribution in [0, 0.1) is 6.07 Å². The number of benzene rings is 10. The van der Waals surface area contributed by atoms with Crippen LogP contribution in [0.4, 0.5) is 0 Å². The van der Waals surface area contributed by atoms with Gasteiger partial charge in [-0.15, -0.1) is 74.6 Å². The van der Waals surface area contributed by atoms with Gasteiger partial charge in [-0.3, -0.25) is 0 Å². The van der Waals surface area contributed by atoms with E-state index in [9.17, 15) is 0 Å². The third-order valence-corrected chi connectivity index (χ3v) is 15.6. The van der Waals surface area contributed by atoms with Crippen LogP contribution in [-0.2, 0) is 33.7 Å². The van der Waals surface area contributed by atoms with Crippen molar-refractivity contribution >= 4 is 80.0 Å². The number of unbranched alkanes of at least 4 members (excludes halogenated alkanes) is 2. The smallest absolute Gasteiger partial charge is 0.0920 e. The molecule has 1 heterocycles. The minimum absolute atomic E-state index is 0.795. The number of hydrogen-bond donors (Lipinski definition) is 0. The quantitative estimate of drug-likeness (QED) is 0.0946. The zero-order valence-corrected chi connectivity index (χ0v) is 47.0. The molecule has 0 saturated heterocycles. The molecule has 0 spiro atoms. The molecular weight excluding hydrogens is 1030 g/mol. The van der Waals surface area contributed by atoms with E-state index in [0.717, 1.165) is 22.4 Å². The van der Waals surface area contributed by atoms with Crippen molar-refractivity contribution in [2.24, 2.45) is 0 Å². The fourth-order valence-corrected chi connectivity index (χ4v) is 12.0. The first kappa shape index (κ1) is 51.1. The van der Waals surface area contributed by atoms with Crippen molar-refractivity contribution in [2.45, 2.75) is 52.4 Å². The maximum atomic E-state index is 4.93. The molecule has 362 valence electrons. The normalized spacial score (nSPS) is 11.2. The topological polar surface area (TPSA) is 0 Å². The molecule has 0 fully saturated rings. The van der Waals surface area contributed by atoms with Crippen molar-refractivity contribution < 1.29 is 20.8 Å². The molecule has 2 radical (unpaired) electrons.